The Labute approximate surface area is 150 Å². The third kappa shape index (κ3) is 4.22. The highest BCUT2D eigenvalue weighted by Gasteiger charge is 2.36. The number of nitrogens with zero attached hydrogens (tertiary/aromatic N) is 2. The molecule has 1 aromatic carbocycles. The lowest BCUT2D eigenvalue weighted by Gasteiger charge is -2.15. The van der Waals surface area contributed by atoms with Crippen molar-refractivity contribution in [2.75, 3.05) is 18.8 Å². The number of oxazole rings is 1. The van der Waals surface area contributed by atoms with Crippen molar-refractivity contribution < 1.29 is 19.1 Å². The lowest BCUT2D eigenvalue weighted by Crippen LogP contribution is -2.31. The topological polar surface area (TPSA) is 83.6 Å². The fourth-order valence-corrected chi connectivity index (χ4v) is 3.71. The van der Waals surface area contributed by atoms with Gasteiger partial charge in [-0.2, -0.15) is 0 Å². The highest BCUT2D eigenvalue weighted by molar-refractivity contribution is 7.99. The number of rotatable bonds is 6. The summed E-state index contributed by atoms with van der Waals surface area (Å²) in [6.45, 7) is 2.69. The van der Waals surface area contributed by atoms with E-state index in [4.69, 9.17) is 9.52 Å². The fourth-order valence-electron chi connectivity index (χ4n) is 2.91. The molecule has 132 valence electrons. The Bertz CT molecular complexity index is 747. The zero-order chi connectivity index (χ0) is 17.8. The van der Waals surface area contributed by atoms with Gasteiger partial charge in [-0.25, -0.2) is 4.98 Å². The van der Waals surface area contributed by atoms with Crippen LogP contribution >= 0.6 is 11.8 Å². The second-order valence-corrected chi connectivity index (χ2v) is 7.21. The SMILES string of the molecule is C[C@@H]1CN(C(=O)CSCc2coc(-c3ccccc3)n2)C[C@H]1C(=O)O. The third-order valence-corrected chi connectivity index (χ3v) is 5.28. The lowest BCUT2D eigenvalue weighted by molar-refractivity contribution is -0.142. The number of carboxylic acids is 1. The van der Waals surface area contributed by atoms with Crippen LogP contribution in [0.15, 0.2) is 41.0 Å². The number of carboxylic acid groups (broad SMARTS) is 1. The van der Waals surface area contributed by atoms with Crippen molar-refractivity contribution in [1.29, 1.82) is 0 Å². The second kappa shape index (κ2) is 7.74. The Morgan fingerprint density at radius 1 is 1.32 bits per heavy atom. The molecule has 0 bridgehead atoms. The molecule has 1 N–H and O–H groups in total. The average Bonchev–Trinajstić information content (AvgIpc) is 3.22. The van der Waals surface area contributed by atoms with Gasteiger partial charge < -0.3 is 14.4 Å². The lowest BCUT2D eigenvalue weighted by atomic mass is 9.99. The standard InChI is InChI=1S/C18H20N2O4S/c1-12-7-20(8-15(12)18(22)23)16(21)11-25-10-14-9-24-17(19-14)13-5-3-2-4-6-13/h2-6,9,12,15H,7-8,10-11H2,1H3,(H,22,23)/t12-,15-/m1/s1. The molecular weight excluding hydrogens is 340 g/mol. The molecule has 1 aliphatic heterocycles. The quantitative estimate of drug-likeness (QED) is 0.853. The molecule has 1 fully saturated rings. The molecule has 3 rings (SSSR count). The second-order valence-electron chi connectivity index (χ2n) is 6.22. The van der Waals surface area contributed by atoms with Crippen LogP contribution < -0.4 is 0 Å². The van der Waals surface area contributed by atoms with E-state index in [1.165, 1.54) is 11.8 Å². The number of aliphatic carboxylic acids is 1. The molecule has 1 aromatic heterocycles. The molecule has 0 aliphatic carbocycles. The maximum absolute atomic E-state index is 12.2. The zero-order valence-electron chi connectivity index (χ0n) is 13.9. The van der Waals surface area contributed by atoms with Crippen LogP contribution in [0.1, 0.15) is 12.6 Å². The van der Waals surface area contributed by atoms with Crippen molar-refractivity contribution in [2.45, 2.75) is 12.7 Å². The largest absolute Gasteiger partial charge is 0.481 e. The summed E-state index contributed by atoms with van der Waals surface area (Å²) < 4.78 is 5.48. The van der Waals surface area contributed by atoms with Gasteiger partial charge in [0, 0.05) is 24.4 Å². The molecule has 0 radical (unpaired) electrons. The van der Waals surface area contributed by atoms with E-state index in [0.29, 0.717) is 30.5 Å². The fraction of sp³-hybridized carbons (Fsp3) is 0.389. The van der Waals surface area contributed by atoms with Crippen LogP contribution in [0, 0.1) is 11.8 Å². The predicted molar refractivity (Wildman–Crippen MR) is 95.0 cm³/mol. The number of carbonyl (C=O) groups is 2. The van der Waals surface area contributed by atoms with Gasteiger partial charge in [0.25, 0.3) is 0 Å². The minimum Gasteiger partial charge on any atom is -0.481 e. The van der Waals surface area contributed by atoms with E-state index in [2.05, 4.69) is 4.98 Å². The first-order chi connectivity index (χ1) is 12.0. The molecule has 1 amide bonds. The van der Waals surface area contributed by atoms with Gasteiger partial charge >= 0.3 is 5.97 Å². The van der Waals surface area contributed by atoms with Crippen molar-refractivity contribution in [3.63, 3.8) is 0 Å². The maximum atomic E-state index is 12.2. The number of carbonyl (C=O) groups excluding carboxylic acids is 1. The first-order valence-electron chi connectivity index (χ1n) is 8.12. The van der Waals surface area contributed by atoms with Gasteiger partial charge in [-0.15, -0.1) is 11.8 Å². The highest BCUT2D eigenvalue weighted by atomic mass is 32.2. The van der Waals surface area contributed by atoms with Crippen LogP contribution in [-0.4, -0.2) is 45.7 Å². The number of likely N-dealkylation sites (tertiary alicyclic amines) is 1. The van der Waals surface area contributed by atoms with Crippen LogP contribution in [-0.2, 0) is 15.3 Å². The Morgan fingerprint density at radius 3 is 2.76 bits per heavy atom. The highest BCUT2D eigenvalue weighted by Crippen LogP contribution is 2.25. The van der Waals surface area contributed by atoms with Gasteiger partial charge in [0.2, 0.25) is 11.8 Å². The van der Waals surface area contributed by atoms with Crippen molar-refractivity contribution in [2.24, 2.45) is 11.8 Å². The van der Waals surface area contributed by atoms with E-state index in [-0.39, 0.29) is 11.8 Å². The first kappa shape index (κ1) is 17.5. The Balaban J connectivity index is 1.48. The van der Waals surface area contributed by atoms with Crippen molar-refractivity contribution in [3.8, 4) is 11.5 Å². The minimum absolute atomic E-state index is 0.00424. The monoisotopic (exact) mass is 360 g/mol. The minimum atomic E-state index is -0.827. The maximum Gasteiger partial charge on any atom is 0.308 e. The number of amides is 1. The summed E-state index contributed by atoms with van der Waals surface area (Å²) in [6.07, 6.45) is 1.61. The molecule has 1 aliphatic rings. The van der Waals surface area contributed by atoms with Crippen molar-refractivity contribution in [1.82, 2.24) is 9.88 Å². The molecule has 2 atom stereocenters. The predicted octanol–water partition coefficient (Wildman–Crippen LogP) is 2.75. The summed E-state index contributed by atoms with van der Waals surface area (Å²) in [5, 5.41) is 9.14. The van der Waals surface area contributed by atoms with E-state index in [0.717, 1.165) is 11.3 Å². The van der Waals surface area contributed by atoms with Crippen LogP contribution in [0.5, 0.6) is 0 Å². The number of aromatic nitrogens is 1. The van der Waals surface area contributed by atoms with Gasteiger partial charge in [-0.1, -0.05) is 25.1 Å². The van der Waals surface area contributed by atoms with E-state index in [1.807, 2.05) is 37.3 Å². The van der Waals surface area contributed by atoms with Crippen molar-refractivity contribution in [3.05, 3.63) is 42.3 Å². The van der Waals surface area contributed by atoms with E-state index in [9.17, 15) is 9.59 Å². The Morgan fingerprint density at radius 2 is 2.08 bits per heavy atom. The van der Waals surface area contributed by atoms with Gasteiger partial charge in [0.15, 0.2) is 0 Å². The van der Waals surface area contributed by atoms with E-state index < -0.39 is 11.9 Å². The Kier molecular flexibility index (Phi) is 5.43. The summed E-state index contributed by atoms with van der Waals surface area (Å²) in [6, 6.07) is 9.64. The number of hydrogen-bond acceptors (Lipinski definition) is 5. The molecule has 6 nitrogen and oxygen atoms in total. The molecule has 25 heavy (non-hydrogen) atoms. The van der Waals surface area contributed by atoms with Gasteiger partial charge in [-0.3, -0.25) is 9.59 Å². The summed E-state index contributed by atoms with van der Waals surface area (Å²) in [7, 11) is 0. The smallest absolute Gasteiger partial charge is 0.308 e. The summed E-state index contributed by atoms with van der Waals surface area (Å²) in [5.41, 5.74) is 1.70. The van der Waals surface area contributed by atoms with E-state index >= 15 is 0 Å². The Hall–Kier alpha value is -2.28. The van der Waals surface area contributed by atoms with Crippen LogP contribution in [0.2, 0.25) is 0 Å². The van der Waals surface area contributed by atoms with Gasteiger partial charge in [-0.05, 0) is 18.1 Å². The van der Waals surface area contributed by atoms with Crippen LogP contribution in [0.25, 0.3) is 11.5 Å². The summed E-state index contributed by atoms with van der Waals surface area (Å²) in [5.74, 6) is 0.146. The third-order valence-electron chi connectivity index (χ3n) is 4.33. The molecule has 2 aromatic rings. The molecule has 0 saturated carbocycles. The number of benzene rings is 1. The number of thioether (sulfide) groups is 1. The van der Waals surface area contributed by atoms with Gasteiger partial charge in [0.05, 0.1) is 17.4 Å². The molecule has 1 saturated heterocycles. The molecule has 7 heteroatoms. The number of hydrogen-bond donors (Lipinski definition) is 1. The molecule has 0 spiro atoms. The van der Waals surface area contributed by atoms with Gasteiger partial charge in [0.1, 0.15) is 6.26 Å². The molecular formula is C18H20N2O4S. The average molecular weight is 360 g/mol. The molecule has 0 unspecified atom stereocenters. The summed E-state index contributed by atoms with van der Waals surface area (Å²) in [4.78, 5) is 29.5. The first-order valence-corrected chi connectivity index (χ1v) is 9.28. The van der Waals surface area contributed by atoms with Crippen LogP contribution in [0.4, 0.5) is 0 Å². The van der Waals surface area contributed by atoms with Crippen molar-refractivity contribution >= 4 is 23.6 Å². The normalized spacial score (nSPS) is 20.0. The zero-order valence-corrected chi connectivity index (χ0v) is 14.7. The molecule has 2 heterocycles. The summed E-state index contributed by atoms with van der Waals surface area (Å²) >= 11 is 1.46. The van der Waals surface area contributed by atoms with E-state index in [1.54, 1.807) is 11.2 Å². The van der Waals surface area contributed by atoms with Crippen LogP contribution in [0.3, 0.4) is 0 Å².